The van der Waals surface area contributed by atoms with Crippen LogP contribution >= 0.6 is 0 Å². The van der Waals surface area contributed by atoms with Gasteiger partial charge in [0.15, 0.2) is 0 Å². The number of fused-ring (bicyclic) bond motifs is 2. The van der Waals surface area contributed by atoms with Crippen LogP contribution in [-0.2, 0) is 5.60 Å². The molecule has 2 aliphatic rings. The van der Waals surface area contributed by atoms with Gasteiger partial charge in [-0.05, 0) is 38.3 Å². The standard InChI is InChI=1S/C19H23N3O/c1-13-3-5-15(6-4-13)19(23)11-16-7-8-17(12-19)22(16)18-20-10-9-14(2)21-18/h3-6,9-10,16-17,23H,7-8,11-12H2,1-2H3. The van der Waals surface area contributed by atoms with Crippen molar-refractivity contribution in [3.05, 3.63) is 53.3 Å². The Kier molecular flexibility index (Phi) is 3.38. The number of piperidine rings is 1. The minimum Gasteiger partial charge on any atom is -0.385 e. The van der Waals surface area contributed by atoms with Gasteiger partial charge in [-0.1, -0.05) is 29.8 Å². The van der Waals surface area contributed by atoms with Gasteiger partial charge in [0.05, 0.1) is 5.60 Å². The Morgan fingerprint density at radius 1 is 1.04 bits per heavy atom. The van der Waals surface area contributed by atoms with Crippen molar-refractivity contribution in [3.8, 4) is 0 Å². The summed E-state index contributed by atoms with van der Waals surface area (Å²) in [5, 5.41) is 11.3. The smallest absolute Gasteiger partial charge is 0.226 e. The number of aryl methyl sites for hydroxylation is 2. The summed E-state index contributed by atoms with van der Waals surface area (Å²) < 4.78 is 0. The maximum absolute atomic E-state index is 11.3. The van der Waals surface area contributed by atoms with E-state index in [0.29, 0.717) is 12.1 Å². The quantitative estimate of drug-likeness (QED) is 0.926. The predicted octanol–water partition coefficient (Wildman–Crippen LogP) is 3.11. The minimum absolute atomic E-state index is 0.321. The summed E-state index contributed by atoms with van der Waals surface area (Å²) in [6.45, 7) is 4.08. The highest BCUT2D eigenvalue weighted by molar-refractivity contribution is 5.40. The Morgan fingerprint density at radius 3 is 2.30 bits per heavy atom. The second-order valence-electron chi connectivity index (χ2n) is 7.10. The first kappa shape index (κ1) is 14.6. The van der Waals surface area contributed by atoms with E-state index in [-0.39, 0.29) is 0 Å². The lowest BCUT2D eigenvalue weighted by atomic mass is 9.80. The van der Waals surface area contributed by atoms with E-state index in [1.807, 2.05) is 19.2 Å². The fourth-order valence-electron chi connectivity index (χ4n) is 4.21. The number of rotatable bonds is 2. The van der Waals surface area contributed by atoms with Gasteiger partial charge in [-0.2, -0.15) is 0 Å². The first-order valence-corrected chi connectivity index (χ1v) is 8.43. The van der Waals surface area contributed by atoms with Crippen molar-refractivity contribution < 1.29 is 5.11 Å². The molecule has 2 aliphatic heterocycles. The minimum atomic E-state index is -0.722. The number of nitrogens with zero attached hydrogens (tertiary/aromatic N) is 3. The monoisotopic (exact) mass is 309 g/mol. The van der Waals surface area contributed by atoms with E-state index in [4.69, 9.17) is 0 Å². The molecule has 4 nitrogen and oxygen atoms in total. The Hall–Kier alpha value is -1.94. The molecule has 0 spiro atoms. The topological polar surface area (TPSA) is 49.2 Å². The molecule has 0 radical (unpaired) electrons. The SMILES string of the molecule is Cc1ccc(C2(O)CC3CCC(C2)N3c2nccc(C)n2)cc1. The Bertz CT molecular complexity index is 699. The fourth-order valence-corrected chi connectivity index (χ4v) is 4.21. The molecule has 2 atom stereocenters. The van der Waals surface area contributed by atoms with E-state index < -0.39 is 5.60 Å². The van der Waals surface area contributed by atoms with Crippen molar-refractivity contribution in [2.75, 3.05) is 4.90 Å². The number of aliphatic hydroxyl groups is 1. The van der Waals surface area contributed by atoms with Gasteiger partial charge in [0.25, 0.3) is 0 Å². The van der Waals surface area contributed by atoms with E-state index in [9.17, 15) is 5.11 Å². The van der Waals surface area contributed by atoms with E-state index in [0.717, 1.165) is 42.9 Å². The van der Waals surface area contributed by atoms with E-state index in [1.54, 1.807) is 0 Å². The molecule has 2 unspecified atom stereocenters. The third-order valence-electron chi connectivity index (χ3n) is 5.37. The van der Waals surface area contributed by atoms with Crippen LogP contribution in [0.15, 0.2) is 36.5 Å². The zero-order valence-corrected chi connectivity index (χ0v) is 13.7. The second kappa shape index (κ2) is 5.31. The van der Waals surface area contributed by atoms with Crippen molar-refractivity contribution in [3.63, 3.8) is 0 Å². The molecule has 23 heavy (non-hydrogen) atoms. The largest absolute Gasteiger partial charge is 0.385 e. The lowest BCUT2D eigenvalue weighted by Crippen LogP contribution is -2.50. The summed E-state index contributed by atoms with van der Waals surface area (Å²) in [6, 6.07) is 10.9. The summed E-state index contributed by atoms with van der Waals surface area (Å²) in [7, 11) is 0. The Balaban J connectivity index is 1.63. The van der Waals surface area contributed by atoms with E-state index in [1.165, 1.54) is 5.56 Å². The highest BCUT2D eigenvalue weighted by Gasteiger charge is 2.49. The van der Waals surface area contributed by atoms with Gasteiger partial charge in [0, 0.05) is 36.8 Å². The molecule has 120 valence electrons. The van der Waals surface area contributed by atoms with Crippen molar-refractivity contribution in [1.82, 2.24) is 9.97 Å². The molecule has 2 saturated heterocycles. The van der Waals surface area contributed by atoms with Crippen molar-refractivity contribution >= 4 is 5.95 Å². The van der Waals surface area contributed by atoms with Crippen LogP contribution in [0.1, 0.15) is 42.5 Å². The van der Waals surface area contributed by atoms with Gasteiger partial charge in [0.2, 0.25) is 5.95 Å². The number of hydrogen-bond acceptors (Lipinski definition) is 4. The summed E-state index contributed by atoms with van der Waals surface area (Å²) >= 11 is 0. The first-order chi connectivity index (χ1) is 11.0. The van der Waals surface area contributed by atoms with Crippen LogP contribution in [0.25, 0.3) is 0 Å². The number of hydrogen-bond donors (Lipinski definition) is 1. The first-order valence-electron chi connectivity index (χ1n) is 8.43. The summed E-state index contributed by atoms with van der Waals surface area (Å²) in [5.74, 6) is 0.823. The molecule has 2 aromatic rings. The van der Waals surface area contributed by atoms with Gasteiger partial charge in [-0.3, -0.25) is 0 Å². The molecule has 4 rings (SSSR count). The maximum atomic E-state index is 11.3. The van der Waals surface area contributed by atoms with Gasteiger partial charge >= 0.3 is 0 Å². The summed E-state index contributed by atoms with van der Waals surface area (Å²) in [4.78, 5) is 11.4. The normalized spacial score (nSPS) is 29.8. The number of aromatic nitrogens is 2. The molecule has 0 aliphatic carbocycles. The molecule has 4 heteroatoms. The van der Waals surface area contributed by atoms with E-state index >= 15 is 0 Å². The average molecular weight is 309 g/mol. The average Bonchev–Trinajstić information content (AvgIpc) is 2.80. The van der Waals surface area contributed by atoms with Crippen LogP contribution in [-0.4, -0.2) is 27.2 Å². The lowest BCUT2D eigenvalue weighted by Gasteiger charge is -2.44. The van der Waals surface area contributed by atoms with Crippen molar-refractivity contribution in [2.45, 2.75) is 57.2 Å². The maximum Gasteiger partial charge on any atom is 0.226 e. The second-order valence-corrected chi connectivity index (χ2v) is 7.10. The Morgan fingerprint density at radius 2 is 1.70 bits per heavy atom. The van der Waals surface area contributed by atoms with Gasteiger partial charge < -0.3 is 10.0 Å². The van der Waals surface area contributed by atoms with Crippen LogP contribution in [0.4, 0.5) is 5.95 Å². The molecule has 0 saturated carbocycles. The molecule has 2 bridgehead atoms. The van der Waals surface area contributed by atoms with Crippen LogP contribution in [0, 0.1) is 13.8 Å². The molecule has 2 fully saturated rings. The van der Waals surface area contributed by atoms with Crippen LogP contribution in [0.5, 0.6) is 0 Å². The lowest BCUT2D eigenvalue weighted by molar-refractivity contribution is -0.00337. The molecular formula is C19H23N3O. The highest BCUT2D eigenvalue weighted by atomic mass is 16.3. The number of anilines is 1. The Labute approximate surface area is 137 Å². The molecule has 0 amide bonds. The molecule has 1 aromatic heterocycles. The predicted molar refractivity (Wildman–Crippen MR) is 90.4 cm³/mol. The molecule has 1 N–H and O–H groups in total. The zero-order valence-electron chi connectivity index (χ0n) is 13.7. The fraction of sp³-hybridized carbons (Fsp3) is 0.474. The van der Waals surface area contributed by atoms with E-state index in [2.05, 4.69) is 46.1 Å². The third-order valence-corrected chi connectivity index (χ3v) is 5.37. The van der Waals surface area contributed by atoms with Crippen LogP contribution < -0.4 is 4.90 Å². The van der Waals surface area contributed by atoms with Gasteiger partial charge in [0.1, 0.15) is 0 Å². The van der Waals surface area contributed by atoms with Crippen LogP contribution in [0.3, 0.4) is 0 Å². The summed E-state index contributed by atoms with van der Waals surface area (Å²) in [5.41, 5.74) is 2.55. The van der Waals surface area contributed by atoms with Gasteiger partial charge in [-0.25, -0.2) is 9.97 Å². The van der Waals surface area contributed by atoms with Crippen molar-refractivity contribution in [2.24, 2.45) is 0 Å². The highest BCUT2D eigenvalue weighted by Crippen LogP contribution is 2.46. The van der Waals surface area contributed by atoms with Gasteiger partial charge in [-0.15, -0.1) is 0 Å². The third kappa shape index (κ3) is 2.51. The number of benzene rings is 1. The summed E-state index contributed by atoms with van der Waals surface area (Å²) in [6.07, 6.45) is 5.55. The van der Waals surface area contributed by atoms with Crippen molar-refractivity contribution in [1.29, 1.82) is 0 Å². The van der Waals surface area contributed by atoms with Crippen LogP contribution in [0.2, 0.25) is 0 Å². The molecular weight excluding hydrogens is 286 g/mol. The zero-order chi connectivity index (χ0) is 16.0. The molecule has 3 heterocycles. The molecule has 1 aromatic carbocycles.